The van der Waals surface area contributed by atoms with Crippen LogP contribution in [-0.2, 0) is 17.8 Å². The molecule has 0 saturated carbocycles. The van der Waals surface area contributed by atoms with E-state index in [-0.39, 0.29) is 0 Å². The van der Waals surface area contributed by atoms with Crippen molar-refractivity contribution in [1.82, 2.24) is 29.7 Å². The zero-order chi connectivity index (χ0) is 28.6. The summed E-state index contributed by atoms with van der Waals surface area (Å²) in [5.41, 5.74) is 13.2. The molecule has 1 amide bonds. The van der Waals surface area contributed by atoms with E-state index in [4.69, 9.17) is 15.6 Å². The van der Waals surface area contributed by atoms with Crippen molar-refractivity contribution in [2.45, 2.75) is 39.5 Å². The van der Waals surface area contributed by atoms with Crippen LogP contribution in [0.3, 0.4) is 0 Å². The summed E-state index contributed by atoms with van der Waals surface area (Å²) in [6.45, 7) is 6.54. The predicted octanol–water partition coefficient (Wildman–Crippen LogP) is 6.07. The standard InChI is InChI=1S/C32H31N7O2/c1-32(2,3)41-31(40)34-17-22-10-7-11-24(14-22)28-16-26(29-30(33)35-20-36-39(28)29)23-12-13-25-19-38(37-27(25)15-23)18-21-8-5-4-6-9-21/h4-16,19-20H,17-18H2,1-3H3,(H,34,40)(H2,33,35,36). The number of carbonyl (C=O) groups excluding carboxylic acids is 1. The van der Waals surface area contributed by atoms with Gasteiger partial charge in [0.05, 0.1) is 17.8 Å². The van der Waals surface area contributed by atoms with E-state index < -0.39 is 11.7 Å². The second-order valence-electron chi connectivity index (χ2n) is 11.0. The van der Waals surface area contributed by atoms with E-state index in [0.717, 1.165) is 44.4 Å². The number of nitrogens with one attached hydrogen (secondary N) is 1. The summed E-state index contributed by atoms with van der Waals surface area (Å²) in [5, 5.41) is 13.3. The van der Waals surface area contributed by atoms with E-state index >= 15 is 0 Å². The number of nitrogens with two attached hydrogens (primary N) is 1. The van der Waals surface area contributed by atoms with Crippen LogP contribution in [0.5, 0.6) is 0 Å². The number of alkyl carbamates (subject to hydrolysis) is 1. The fourth-order valence-corrected chi connectivity index (χ4v) is 4.91. The van der Waals surface area contributed by atoms with Crippen LogP contribution in [0.4, 0.5) is 10.6 Å². The smallest absolute Gasteiger partial charge is 0.407 e. The van der Waals surface area contributed by atoms with Gasteiger partial charge < -0.3 is 15.8 Å². The molecule has 0 bridgehead atoms. The highest BCUT2D eigenvalue weighted by Crippen LogP contribution is 2.36. The van der Waals surface area contributed by atoms with E-state index in [1.54, 1.807) is 0 Å². The molecule has 9 heteroatoms. The number of carbonyl (C=O) groups is 1. The number of anilines is 1. The first-order valence-corrected chi connectivity index (χ1v) is 13.4. The number of aromatic nitrogens is 5. The first-order valence-electron chi connectivity index (χ1n) is 13.4. The average molecular weight is 546 g/mol. The number of ether oxygens (including phenoxy) is 1. The normalized spacial score (nSPS) is 11.7. The molecule has 3 N–H and O–H groups in total. The molecular formula is C32H31N7O2. The summed E-state index contributed by atoms with van der Waals surface area (Å²) in [7, 11) is 0. The first-order chi connectivity index (χ1) is 19.7. The number of hydrogen-bond acceptors (Lipinski definition) is 6. The van der Waals surface area contributed by atoms with Crippen LogP contribution in [0.25, 0.3) is 38.8 Å². The summed E-state index contributed by atoms with van der Waals surface area (Å²) in [4.78, 5) is 16.4. The largest absolute Gasteiger partial charge is 0.444 e. The predicted molar refractivity (Wildman–Crippen MR) is 160 cm³/mol. The summed E-state index contributed by atoms with van der Waals surface area (Å²) < 4.78 is 9.14. The lowest BCUT2D eigenvalue weighted by atomic mass is 10.0. The molecule has 9 nitrogen and oxygen atoms in total. The Morgan fingerprint density at radius 1 is 0.951 bits per heavy atom. The molecule has 41 heavy (non-hydrogen) atoms. The molecule has 0 unspecified atom stereocenters. The number of hydrogen-bond donors (Lipinski definition) is 2. The summed E-state index contributed by atoms with van der Waals surface area (Å²) in [6, 6.07) is 26.5. The Labute approximate surface area is 237 Å². The van der Waals surface area contributed by atoms with Gasteiger partial charge in [0.1, 0.15) is 17.4 Å². The van der Waals surface area contributed by atoms with Gasteiger partial charge in [-0.25, -0.2) is 14.3 Å². The van der Waals surface area contributed by atoms with E-state index in [9.17, 15) is 4.79 Å². The monoisotopic (exact) mass is 545 g/mol. The van der Waals surface area contributed by atoms with Crippen LogP contribution in [0.15, 0.2) is 91.4 Å². The van der Waals surface area contributed by atoms with Gasteiger partial charge in [0, 0.05) is 29.3 Å². The van der Waals surface area contributed by atoms with Gasteiger partial charge in [-0.3, -0.25) is 4.68 Å². The summed E-state index contributed by atoms with van der Waals surface area (Å²) >= 11 is 0. The van der Waals surface area contributed by atoms with Crippen LogP contribution in [-0.4, -0.2) is 36.1 Å². The van der Waals surface area contributed by atoms with Gasteiger partial charge >= 0.3 is 6.09 Å². The maximum atomic E-state index is 12.2. The minimum Gasteiger partial charge on any atom is -0.444 e. The highest BCUT2D eigenvalue weighted by atomic mass is 16.6. The molecule has 3 heterocycles. The zero-order valence-corrected chi connectivity index (χ0v) is 23.2. The lowest BCUT2D eigenvalue weighted by molar-refractivity contribution is 0.0523. The summed E-state index contributed by atoms with van der Waals surface area (Å²) in [6.07, 6.45) is 3.06. The first kappa shape index (κ1) is 26.1. The molecule has 3 aromatic carbocycles. The second-order valence-corrected chi connectivity index (χ2v) is 11.0. The molecule has 206 valence electrons. The molecule has 0 spiro atoms. The van der Waals surface area contributed by atoms with Crippen molar-refractivity contribution in [1.29, 1.82) is 0 Å². The SMILES string of the molecule is CC(C)(C)OC(=O)NCc1cccc(-c2cc(-c3ccc4cn(Cc5ccccc5)nc4c3)c3c(N)ncnn23)c1. The topological polar surface area (TPSA) is 112 Å². The number of nitrogens with zero attached hydrogens (tertiary/aromatic N) is 5. The van der Waals surface area contributed by atoms with Gasteiger partial charge in [0.15, 0.2) is 5.82 Å². The minimum atomic E-state index is -0.560. The molecule has 6 rings (SSSR count). The fraction of sp³-hybridized carbons (Fsp3) is 0.188. The van der Waals surface area contributed by atoms with Gasteiger partial charge in [-0.05, 0) is 55.7 Å². The Morgan fingerprint density at radius 3 is 2.56 bits per heavy atom. The molecule has 3 aromatic heterocycles. The number of fused-ring (bicyclic) bond motifs is 2. The Hall–Kier alpha value is -5.18. The van der Waals surface area contributed by atoms with Gasteiger partial charge in [-0.15, -0.1) is 0 Å². The van der Waals surface area contributed by atoms with Crippen molar-refractivity contribution in [3.05, 3.63) is 103 Å². The Balaban J connectivity index is 1.34. The van der Waals surface area contributed by atoms with Gasteiger partial charge in [0.25, 0.3) is 0 Å². The van der Waals surface area contributed by atoms with Crippen molar-refractivity contribution in [2.75, 3.05) is 5.73 Å². The van der Waals surface area contributed by atoms with Gasteiger partial charge in [-0.1, -0.05) is 60.7 Å². The number of rotatable bonds is 6. The Bertz CT molecular complexity index is 1870. The molecular weight excluding hydrogens is 514 g/mol. The Kier molecular flexibility index (Phi) is 6.62. The van der Waals surface area contributed by atoms with Crippen molar-refractivity contribution in [2.24, 2.45) is 0 Å². The molecule has 0 radical (unpaired) electrons. The molecule has 0 fully saturated rings. The van der Waals surface area contributed by atoms with Gasteiger partial charge in [-0.2, -0.15) is 10.2 Å². The summed E-state index contributed by atoms with van der Waals surface area (Å²) in [5.74, 6) is 0.388. The van der Waals surface area contributed by atoms with E-state index in [1.165, 1.54) is 11.9 Å². The zero-order valence-electron chi connectivity index (χ0n) is 23.2. The van der Waals surface area contributed by atoms with Crippen LogP contribution in [0.1, 0.15) is 31.9 Å². The number of benzene rings is 3. The quantitative estimate of drug-likeness (QED) is 0.263. The molecule has 0 atom stereocenters. The number of nitrogen functional groups attached to an aromatic ring is 1. The van der Waals surface area contributed by atoms with Crippen molar-refractivity contribution >= 4 is 28.3 Å². The lowest BCUT2D eigenvalue weighted by Gasteiger charge is -2.19. The van der Waals surface area contributed by atoms with Crippen LogP contribution >= 0.6 is 0 Å². The maximum Gasteiger partial charge on any atom is 0.407 e. The number of amides is 1. The molecule has 0 aliphatic carbocycles. The third-order valence-corrected chi connectivity index (χ3v) is 6.69. The third-order valence-electron chi connectivity index (χ3n) is 6.69. The lowest BCUT2D eigenvalue weighted by Crippen LogP contribution is -2.32. The van der Waals surface area contributed by atoms with Crippen LogP contribution in [0, 0.1) is 0 Å². The van der Waals surface area contributed by atoms with E-state index in [0.29, 0.717) is 18.9 Å². The average Bonchev–Trinajstić information content (AvgIpc) is 3.53. The highest BCUT2D eigenvalue weighted by molar-refractivity contribution is 5.95. The fourth-order valence-electron chi connectivity index (χ4n) is 4.91. The Morgan fingerprint density at radius 2 is 1.76 bits per heavy atom. The molecule has 0 saturated heterocycles. The molecule has 0 aliphatic heterocycles. The third kappa shape index (κ3) is 5.60. The minimum absolute atomic E-state index is 0.332. The van der Waals surface area contributed by atoms with Gasteiger partial charge in [0.2, 0.25) is 0 Å². The van der Waals surface area contributed by atoms with E-state index in [2.05, 4.69) is 58.0 Å². The van der Waals surface area contributed by atoms with Crippen LogP contribution < -0.4 is 11.1 Å². The van der Waals surface area contributed by atoms with Crippen LogP contribution in [0.2, 0.25) is 0 Å². The van der Waals surface area contributed by atoms with Crippen molar-refractivity contribution < 1.29 is 9.53 Å². The highest BCUT2D eigenvalue weighted by Gasteiger charge is 2.18. The molecule has 0 aliphatic rings. The van der Waals surface area contributed by atoms with Crippen molar-refractivity contribution in [3.8, 4) is 22.4 Å². The maximum absolute atomic E-state index is 12.2. The second kappa shape index (κ2) is 10.4. The van der Waals surface area contributed by atoms with E-state index in [1.807, 2.05) is 72.4 Å². The van der Waals surface area contributed by atoms with Crippen molar-refractivity contribution in [3.63, 3.8) is 0 Å². The molecule has 6 aromatic rings.